The van der Waals surface area contributed by atoms with Crippen molar-refractivity contribution in [2.75, 3.05) is 6.54 Å². The van der Waals surface area contributed by atoms with Gasteiger partial charge < -0.3 is 15.1 Å². The number of nitrogens with one attached hydrogen (secondary N) is 2. The fraction of sp³-hybridized carbons (Fsp3) is 0.545. The Bertz CT molecular complexity index is 304. The molecule has 4 heteroatoms. The van der Waals surface area contributed by atoms with E-state index in [9.17, 15) is 4.79 Å². The van der Waals surface area contributed by atoms with Gasteiger partial charge in [-0.1, -0.05) is 0 Å². The summed E-state index contributed by atoms with van der Waals surface area (Å²) in [5, 5.41) is 6.14. The van der Waals surface area contributed by atoms with Gasteiger partial charge in [0.25, 0.3) is 0 Å². The molecule has 1 aliphatic carbocycles. The van der Waals surface area contributed by atoms with Gasteiger partial charge in [0.15, 0.2) is 0 Å². The minimum atomic E-state index is 0.150. The van der Waals surface area contributed by atoms with E-state index in [1.807, 2.05) is 6.07 Å². The fourth-order valence-electron chi connectivity index (χ4n) is 1.36. The topological polar surface area (TPSA) is 54.3 Å². The average molecular weight is 208 g/mol. The molecule has 0 radical (unpaired) electrons. The molecule has 1 amide bonds. The van der Waals surface area contributed by atoms with Gasteiger partial charge in [0.1, 0.15) is 0 Å². The van der Waals surface area contributed by atoms with E-state index in [0.717, 1.165) is 24.9 Å². The molecule has 1 aromatic heterocycles. The molecule has 4 nitrogen and oxygen atoms in total. The summed E-state index contributed by atoms with van der Waals surface area (Å²) in [6.45, 7) is 1.47. The third kappa shape index (κ3) is 3.75. The van der Waals surface area contributed by atoms with Gasteiger partial charge in [0, 0.05) is 31.1 Å². The molecule has 0 aromatic carbocycles. The summed E-state index contributed by atoms with van der Waals surface area (Å²) >= 11 is 0. The van der Waals surface area contributed by atoms with E-state index in [4.69, 9.17) is 4.42 Å². The monoisotopic (exact) mass is 208 g/mol. The van der Waals surface area contributed by atoms with E-state index in [-0.39, 0.29) is 5.91 Å². The highest BCUT2D eigenvalue weighted by molar-refractivity contribution is 5.76. The van der Waals surface area contributed by atoms with Gasteiger partial charge >= 0.3 is 0 Å². The van der Waals surface area contributed by atoms with Crippen LogP contribution in [0.25, 0.3) is 0 Å². The molecule has 0 bridgehead atoms. The maximum atomic E-state index is 11.3. The molecule has 0 aliphatic heterocycles. The summed E-state index contributed by atoms with van der Waals surface area (Å²) < 4.78 is 4.93. The van der Waals surface area contributed by atoms with Crippen molar-refractivity contribution in [1.29, 1.82) is 0 Å². The Morgan fingerprint density at radius 2 is 2.40 bits per heavy atom. The van der Waals surface area contributed by atoms with E-state index in [1.165, 1.54) is 0 Å². The number of amides is 1. The number of carbonyl (C=O) groups excluding carboxylic acids is 1. The molecule has 2 rings (SSSR count). The van der Waals surface area contributed by atoms with E-state index < -0.39 is 0 Å². The fourth-order valence-corrected chi connectivity index (χ4v) is 1.36. The van der Waals surface area contributed by atoms with Crippen molar-refractivity contribution in [2.45, 2.75) is 31.8 Å². The molecule has 82 valence electrons. The van der Waals surface area contributed by atoms with Gasteiger partial charge in [-0.25, -0.2) is 0 Å². The summed E-state index contributed by atoms with van der Waals surface area (Å²) in [6.07, 6.45) is 6.20. The van der Waals surface area contributed by atoms with Crippen molar-refractivity contribution >= 4 is 5.91 Å². The highest BCUT2D eigenvalue weighted by atomic mass is 16.3. The second-order valence-electron chi connectivity index (χ2n) is 3.90. The van der Waals surface area contributed by atoms with Crippen LogP contribution in [-0.2, 0) is 11.3 Å². The standard InChI is InChI=1S/C11H16N2O2/c14-11(13-10-1-2-10)3-5-12-7-9-4-6-15-8-9/h4,6,8,10,12H,1-3,5,7H2,(H,13,14). The number of hydrogen-bond acceptors (Lipinski definition) is 3. The predicted molar refractivity (Wildman–Crippen MR) is 56.2 cm³/mol. The first-order valence-corrected chi connectivity index (χ1v) is 5.36. The summed E-state index contributed by atoms with van der Waals surface area (Å²) in [7, 11) is 0. The lowest BCUT2D eigenvalue weighted by atomic mass is 10.3. The van der Waals surface area contributed by atoms with Crippen molar-refractivity contribution in [2.24, 2.45) is 0 Å². The Balaban J connectivity index is 1.52. The summed E-state index contributed by atoms with van der Waals surface area (Å²) in [4.78, 5) is 11.3. The van der Waals surface area contributed by atoms with E-state index in [1.54, 1.807) is 12.5 Å². The van der Waals surface area contributed by atoms with Gasteiger partial charge in [-0.15, -0.1) is 0 Å². The van der Waals surface area contributed by atoms with Crippen molar-refractivity contribution < 1.29 is 9.21 Å². The predicted octanol–water partition coefficient (Wildman–Crippen LogP) is 1.04. The smallest absolute Gasteiger partial charge is 0.221 e. The van der Waals surface area contributed by atoms with Crippen molar-refractivity contribution in [3.05, 3.63) is 24.2 Å². The molecule has 0 unspecified atom stereocenters. The maximum absolute atomic E-state index is 11.3. The van der Waals surface area contributed by atoms with Crippen LogP contribution in [0.15, 0.2) is 23.0 Å². The van der Waals surface area contributed by atoms with Crippen LogP contribution in [0.1, 0.15) is 24.8 Å². The van der Waals surface area contributed by atoms with Crippen LogP contribution in [0.3, 0.4) is 0 Å². The molecule has 0 spiro atoms. The molecule has 1 aromatic rings. The van der Waals surface area contributed by atoms with Crippen LogP contribution in [-0.4, -0.2) is 18.5 Å². The number of hydrogen-bond donors (Lipinski definition) is 2. The van der Waals surface area contributed by atoms with E-state index >= 15 is 0 Å². The van der Waals surface area contributed by atoms with Gasteiger partial charge in [-0.2, -0.15) is 0 Å². The molecular weight excluding hydrogens is 192 g/mol. The Kier molecular flexibility index (Phi) is 3.40. The second-order valence-corrected chi connectivity index (χ2v) is 3.90. The molecule has 1 aliphatic rings. The first-order valence-electron chi connectivity index (χ1n) is 5.36. The molecule has 1 heterocycles. The lowest BCUT2D eigenvalue weighted by Crippen LogP contribution is -2.28. The third-order valence-electron chi connectivity index (χ3n) is 2.38. The van der Waals surface area contributed by atoms with Crippen LogP contribution < -0.4 is 10.6 Å². The van der Waals surface area contributed by atoms with E-state index in [2.05, 4.69) is 10.6 Å². The summed E-state index contributed by atoms with van der Waals surface area (Å²) in [5.74, 6) is 0.150. The first kappa shape index (κ1) is 10.2. The van der Waals surface area contributed by atoms with Crippen LogP contribution in [0, 0.1) is 0 Å². The Labute approximate surface area is 89.0 Å². The Hall–Kier alpha value is -1.29. The second kappa shape index (κ2) is 4.98. The van der Waals surface area contributed by atoms with Gasteiger partial charge in [0.05, 0.1) is 12.5 Å². The SMILES string of the molecule is O=C(CCNCc1ccoc1)NC1CC1. The zero-order valence-corrected chi connectivity index (χ0v) is 8.66. The first-order chi connectivity index (χ1) is 7.34. The molecule has 2 N–H and O–H groups in total. The molecule has 15 heavy (non-hydrogen) atoms. The summed E-state index contributed by atoms with van der Waals surface area (Å²) in [6, 6.07) is 2.38. The van der Waals surface area contributed by atoms with Crippen LogP contribution in [0.4, 0.5) is 0 Å². The lowest BCUT2D eigenvalue weighted by Gasteiger charge is -2.03. The van der Waals surface area contributed by atoms with Gasteiger partial charge in [0.2, 0.25) is 5.91 Å². The molecule has 1 saturated carbocycles. The quantitative estimate of drug-likeness (QED) is 0.687. The average Bonchev–Trinajstić information content (AvgIpc) is 2.87. The van der Waals surface area contributed by atoms with Crippen molar-refractivity contribution in [1.82, 2.24) is 10.6 Å². The zero-order valence-electron chi connectivity index (χ0n) is 8.66. The van der Waals surface area contributed by atoms with Crippen LogP contribution in [0.5, 0.6) is 0 Å². The van der Waals surface area contributed by atoms with Gasteiger partial charge in [-0.3, -0.25) is 4.79 Å². The van der Waals surface area contributed by atoms with Crippen LogP contribution >= 0.6 is 0 Å². The summed E-state index contributed by atoms with van der Waals surface area (Å²) in [5.41, 5.74) is 1.11. The highest BCUT2D eigenvalue weighted by Crippen LogP contribution is 2.18. The zero-order chi connectivity index (χ0) is 10.5. The number of furan rings is 1. The largest absolute Gasteiger partial charge is 0.472 e. The molecule has 0 atom stereocenters. The third-order valence-corrected chi connectivity index (χ3v) is 2.38. The Morgan fingerprint density at radius 1 is 1.53 bits per heavy atom. The molecule has 1 fully saturated rings. The maximum Gasteiger partial charge on any atom is 0.221 e. The number of carbonyl (C=O) groups is 1. The van der Waals surface area contributed by atoms with Crippen molar-refractivity contribution in [3.8, 4) is 0 Å². The Morgan fingerprint density at radius 3 is 3.07 bits per heavy atom. The van der Waals surface area contributed by atoms with Crippen LogP contribution in [0.2, 0.25) is 0 Å². The van der Waals surface area contributed by atoms with E-state index in [0.29, 0.717) is 19.0 Å². The minimum absolute atomic E-state index is 0.150. The molecule has 0 saturated heterocycles. The highest BCUT2D eigenvalue weighted by Gasteiger charge is 2.22. The minimum Gasteiger partial charge on any atom is -0.472 e. The number of rotatable bonds is 6. The van der Waals surface area contributed by atoms with Crippen molar-refractivity contribution in [3.63, 3.8) is 0 Å². The lowest BCUT2D eigenvalue weighted by molar-refractivity contribution is -0.121. The molecular formula is C11H16N2O2. The van der Waals surface area contributed by atoms with Gasteiger partial charge in [-0.05, 0) is 18.9 Å². The normalized spacial score (nSPS) is 15.2.